The van der Waals surface area contributed by atoms with E-state index in [1.807, 2.05) is 0 Å². The number of nitrogens with zero attached hydrogens (tertiary/aromatic N) is 2. The quantitative estimate of drug-likeness (QED) is 0.718. The second-order valence-electron chi connectivity index (χ2n) is 6.17. The summed E-state index contributed by atoms with van der Waals surface area (Å²) in [6.07, 6.45) is 1.47. The van der Waals surface area contributed by atoms with Gasteiger partial charge in [-0.25, -0.2) is 9.18 Å². The van der Waals surface area contributed by atoms with Crippen molar-refractivity contribution in [3.05, 3.63) is 53.7 Å². The van der Waals surface area contributed by atoms with Crippen LogP contribution in [0.2, 0.25) is 0 Å². The third-order valence-electron chi connectivity index (χ3n) is 4.41. The number of esters is 1. The van der Waals surface area contributed by atoms with Gasteiger partial charge in [0.25, 0.3) is 5.91 Å². The zero-order valence-corrected chi connectivity index (χ0v) is 15.0. The Morgan fingerprint density at radius 3 is 2.48 bits per heavy atom. The molecule has 0 radical (unpaired) electrons. The van der Waals surface area contributed by atoms with E-state index in [-0.39, 0.29) is 24.1 Å². The lowest BCUT2D eigenvalue weighted by atomic mass is 10.2. The first-order valence-corrected chi connectivity index (χ1v) is 8.60. The lowest BCUT2D eigenvalue weighted by Gasteiger charge is -2.34. The molecule has 0 atom stereocenters. The number of carbonyl (C=O) groups is 2. The zero-order valence-electron chi connectivity index (χ0n) is 15.0. The third-order valence-corrected chi connectivity index (χ3v) is 4.41. The fourth-order valence-electron chi connectivity index (χ4n) is 2.90. The molecule has 1 saturated heterocycles. The van der Waals surface area contributed by atoms with Crippen LogP contribution >= 0.6 is 0 Å². The molecule has 144 valence electrons. The van der Waals surface area contributed by atoms with E-state index in [9.17, 15) is 14.0 Å². The number of ether oxygens (including phenoxy) is 2. The molecule has 1 aromatic carbocycles. The fraction of sp³-hybridized carbons (Fsp3) is 0.368. The molecular formula is C19H21FN2O5. The number of rotatable bonds is 6. The Hall–Kier alpha value is -2.87. The van der Waals surface area contributed by atoms with Crippen molar-refractivity contribution in [1.29, 1.82) is 0 Å². The third kappa shape index (κ3) is 4.85. The smallest absolute Gasteiger partial charge is 0.374 e. The summed E-state index contributed by atoms with van der Waals surface area (Å²) in [4.78, 5) is 27.8. The van der Waals surface area contributed by atoms with Crippen LogP contribution in [-0.2, 0) is 16.1 Å². The number of hydrogen-bond donors (Lipinski definition) is 0. The first-order valence-electron chi connectivity index (χ1n) is 8.60. The molecule has 0 saturated carbocycles. The molecule has 0 spiro atoms. The van der Waals surface area contributed by atoms with E-state index in [2.05, 4.69) is 4.90 Å². The summed E-state index contributed by atoms with van der Waals surface area (Å²) >= 11 is 0. The fourth-order valence-corrected chi connectivity index (χ4v) is 2.90. The molecule has 1 aliphatic heterocycles. The Bertz CT molecular complexity index is 782. The standard InChI is InChI=1S/C19H21FN2O5/c1-25-19(24)18-14(6-11-26-18)12-21-7-9-22(10-8-21)17(23)13-27-16-4-2-15(20)3-5-16/h2-6,11H,7-10,12-13H2,1H3. The molecule has 2 aromatic rings. The highest BCUT2D eigenvalue weighted by Gasteiger charge is 2.24. The summed E-state index contributed by atoms with van der Waals surface area (Å²) in [7, 11) is 1.31. The van der Waals surface area contributed by atoms with Crippen LogP contribution in [0, 0.1) is 5.82 Å². The Morgan fingerprint density at radius 1 is 1.11 bits per heavy atom. The Morgan fingerprint density at radius 2 is 1.81 bits per heavy atom. The van der Waals surface area contributed by atoms with E-state index in [4.69, 9.17) is 13.9 Å². The van der Waals surface area contributed by atoms with Crippen LogP contribution in [-0.4, -0.2) is 61.6 Å². The van der Waals surface area contributed by atoms with Gasteiger partial charge in [-0.1, -0.05) is 0 Å². The van der Waals surface area contributed by atoms with E-state index in [0.717, 1.165) is 5.56 Å². The maximum Gasteiger partial charge on any atom is 0.374 e. The second kappa shape index (κ2) is 8.68. The first kappa shape index (κ1) is 18.9. The monoisotopic (exact) mass is 376 g/mol. The molecule has 0 N–H and O–H groups in total. The molecular weight excluding hydrogens is 355 g/mol. The van der Waals surface area contributed by atoms with Gasteiger partial charge < -0.3 is 18.8 Å². The van der Waals surface area contributed by atoms with Gasteiger partial charge in [0.05, 0.1) is 13.4 Å². The summed E-state index contributed by atoms with van der Waals surface area (Å²) in [6.45, 7) is 2.95. The number of amides is 1. The lowest BCUT2D eigenvalue weighted by molar-refractivity contribution is -0.135. The Labute approximate surface area is 156 Å². The average molecular weight is 376 g/mol. The lowest BCUT2D eigenvalue weighted by Crippen LogP contribution is -2.49. The van der Waals surface area contributed by atoms with E-state index in [0.29, 0.717) is 38.5 Å². The van der Waals surface area contributed by atoms with Gasteiger partial charge in [0.2, 0.25) is 5.76 Å². The molecule has 27 heavy (non-hydrogen) atoms. The molecule has 0 unspecified atom stereocenters. The summed E-state index contributed by atoms with van der Waals surface area (Å²) in [5, 5.41) is 0. The summed E-state index contributed by atoms with van der Waals surface area (Å²) < 4.78 is 28.2. The van der Waals surface area contributed by atoms with E-state index in [1.54, 1.807) is 11.0 Å². The topological polar surface area (TPSA) is 72.2 Å². The van der Waals surface area contributed by atoms with Gasteiger partial charge in [-0.3, -0.25) is 9.69 Å². The molecule has 1 aromatic heterocycles. The molecule has 3 rings (SSSR count). The highest BCUT2D eigenvalue weighted by atomic mass is 19.1. The van der Waals surface area contributed by atoms with Crippen molar-refractivity contribution in [3.8, 4) is 5.75 Å². The minimum absolute atomic E-state index is 0.0835. The van der Waals surface area contributed by atoms with E-state index in [1.165, 1.54) is 37.6 Å². The Balaban J connectivity index is 1.46. The van der Waals surface area contributed by atoms with Crippen LogP contribution in [0.25, 0.3) is 0 Å². The highest BCUT2D eigenvalue weighted by Crippen LogP contribution is 2.16. The molecule has 2 heterocycles. The first-order chi connectivity index (χ1) is 13.1. The van der Waals surface area contributed by atoms with Crippen molar-refractivity contribution in [2.75, 3.05) is 39.9 Å². The number of benzene rings is 1. The van der Waals surface area contributed by atoms with Crippen LogP contribution in [0.3, 0.4) is 0 Å². The van der Waals surface area contributed by atoms with Crippen molar-refractivity contribution in [2.45, 2.75) is 6.54 Å². The van der Waals surface area contributed by atoms with Gasteiger partial charge in [0.1, 0.15) is 11.6 Å². The van der Waals surface area contributed by atoms with Crippen molar-refractivity contribution in [2.24, 2.45) is 0 Å². The van der Waals surface area contributed by atoms with Crippen LogP contribution in [0.15, 0.2) is 41.0 Å². The van der Waals surface area contributed by atoms with Gasteiger partial charge in [0, 0.05) is 38.3 Å². The number of halogens is 1. The van der Waals surface area contributed by atoms with Crippen molar-refractivity contribution in [3.63, 3.8) is 0 Å². The molecule has 0 bridgehead atoms. The number of carbonyl (C=O) groups excluding carboxylic acids is 2. The predicted molar refractivity (Wildman–Crippen MR) is 93.8 cm³/mol. The zero-order chi connectivity index (χ0) is 19.2. The van der Waals surface area contributed by atoms with Gasteiger partial charge in [-0.2, -0.15) is 0 Å². The molecule has 7 nitrogen and oxygen atoms in total. The van der Waals surface area contributed by atoms with Gasteiger partial charge in [-0.15, -0.1) is 0 Å². The number of methoxy groups -OCH3 is 1. The molecule has 1 fully saturated rings. The number of hydrogen-bond acceptors (Lipinski definition) is 6. The number of furan rings is 1. The van der Waals surface area contributed by atoms with Crippen LogP contribution in [0.5, 0.6) is 5.75 Å². The second-order valence-corrected chi connectivity index (χ2v) is 6.17. The largest absolute Gasteiger partial charge is 0.484 e. The molecule has 8 heteroatoms. The van der Waals surface area contributed by atoms with Crippen LogP contribution < -0.4 is 4.74 Å². The van der Waals surface area contributed by atoms with Gasteiger partial charge in [0.15, 0.2) is 6.61 Å². The predicted octanol–water partition coefficient (Wildman–Crippen LogP) is 1.93. The normalized spacial score (nSPS) is 14.8. The molecule has 1 amide bonds. The maximum absolute atomic E-state index is 12.9. The minimum atomic E-state index is -0.498. The maximum atomic E-state index is 12.9. The SMILES string of the molecule is COC(=O)c1occc1CN1CCN(C(=O)COc2ccc(F)cc2)CC1. The van der Waals surface area contributed by atoms with Crippen molar-refractivity contribution < 1.29 is 27.9 Å². The van der Waals surface area contributed by atoms with Crippen molar-refractivity contribution >= 4 is 11.9 Å². The minimum Gasteiger partial charge on any atom is -0.484 e. The van der Waals surface area contributed by atoms with Crippen LogP contribution in [0.4, 0.5) is 4.39 Å². The molecule has 1 aliphatic rings. The molecule has 0 aliphatic carbocycles. The van der Waals surface area contributed by atoms with Gasteiger partial charge >= 0.3 is 5.97 Å². The highest BCUT2D eigenvalue weighted by molar-refractivity contribution is 5.87. The van der Waals surface area contributed by atoms with Crippen molar-refractivity contribution in [1.82, 2.24) is 9.80 Å². The van der Waals surface area contributed by atoms with E-state index >= 15 is 0 Å². The summed E-state index contributed by atoms with van der Waals surface area (Å²) in [5.74, 6) is -0.292. The average Bonchev–Trinajstić information content (AvgIpc) is 3.15. The Kier molecular flexibility index (Phi) is 6.08. The summed E-state index contributed by atoms with van der Waals surface area (Å²) in [5.41, 5.74) is 0.765. The van der Waals surface area contributed by atoms with Crippen LogP contribution in [0.1, 0.15) is 16.1 Å². The van der Waals surface area contributed by atoms with E-state index < -0.39 is 5.97 Å². The van der Waals surface area contributed by atoms with Gasteiger partial charge in [-0.05, 0) is 30.3 Å². The summed E-state index contributed by atoms with van der Waals surface area (Å²) in [6, 6.07) is 7.31. The number of piperazine rings is 1.